The number of aromatic nitrogens is 2. The second-order valence-corrected chi connectivity index (χ2v) is 4.26. The third-order valence-electron chi connectivity index (χ3n) is 2.70. The smallest absolute Gasteiger partial charge is 0.256 e. The van der Waals surface area contributed by atoms with Gasteiger partial charge < -0.3 is 11.1 Å². The first-order chi connectivity index (χ1) is 9.61. The molecule has 1 amide bonds. The van der Waals surface area contributed by atoms with E-state index in [9.17, 15) is 9.18 Å². The Kier molecular flexibility index (Phi) is 4.24. The SMILES string of the molecule is CCCNC(=O)c1cnc(-c2ccc(F)cc2)nc1N. The zero-order valence-electron chi connectivity index (χ0n) is 11.1. The van der Waals surface area contributed by atoms with Gasteiger partial charge in [-0.3, -0.25) is 4.79 Å². The number of hydrogen-bond acceptors (Lipinski definition) is 4. The van der Waals surface area contributed by atoms with Crippen LogP contribution in [0.5, 0.6) is 0 Å². The normalized spacial score (nSPS) is 10.3. The van der Waals surface area contributed by atoms with Gasteiger partial charge in [-0.25, -0.2) is 14.4 Å². The molecule has 2 aromatic rings. The summed E-state index contributed by atoms with van der Waals surface area (Å²) in [6.45, 7) is 2.52. The first-order valence-electron chi connectivity index (χ1n) is 6.28. The first-order valence-corrected chi connectivity index (χ1v) is 6.28. The van der Waals surface area contributed by atoms with E-state index in [-0.39, 0.29) is 23.1 Å². The topological polar surface area (TPSA) is 80.9 Å². The molecule has 0 unspecified atom stereocenters. The largest absolute Gasteiger partial charge is 0.383 e. The lowest BCUT2D eigenvalue weighted by Crippen LogP contribution is -2.25. The molecule has 0 spiro atoms. The van der Waals surface area contributed by atoms with Crippen molar-refractivity contribution in [1.82, 2.24) is 15.3 Å². The van der Waals surface area contributed by atoms with Crippen LogP contribution in [0.1, 0.15) is 23.7 Å². The van der Waals surface area contributed by atoms with Gasteiger partial charge in [0.25, 0.3) is 5.91 Å². The fourth-order valence-electron chi connectivity index (χ4n) is 1.64. The second-order valence-electron chi connectivity index (χ2n) is 4.26. The minimum atomic E-state index is -0.336. The highest BCUT2D eigenvalue weighted by molar-refractivity contribution is 5.98. The highest BCUT2D eigenvalue weighted by atomic mass is 19.1. The van der Waals surface area contributed by atoms with Crippen molar-refractivity contribution in [1.29, 1.82) is 0 Å². The van der Waals surface area contributed by atoms with E-state index in [0.29, 0.717) is 17.9 Å². The maximum atomic E-state index is 12.9. The minimum Gasteiger partial charge on any atom is -0.383 e. The monoisotopic (exact) mass is 274 g/mol. The van der Waals surface area contributed by atoms with Crippen molar-refractivity contribution in [3.8, 4) is 11.4 Å². The van der Waals surface area contributed by atoms with Gasteiger partial charge >= 0.3 is 0 Å². The van der Waals surface area contributed by atoms with E-state index >= 15 is 0 Å². The average molecular weight is 274 g/mol. The number of anilines is 1. The zero-order chi connectivity index (χ0) is 14.5. The first kappa shape index (κ1) is 13.9. The maximum Gasteiger partial charge on any atom is 0.256 e. The number of nitrogens with two attached hydrogens (primary N) is 1. The van der Waals surface area contributed by atoms with E-state index < -0.39 is 0 Å². The Labute approximate surface area is 116 Å². The molecule has 3 N–H and O–H groups in total. The molecular weight excluding hydrogens is 259 g/mol. The number of halogens is 1. The van der Waals surface area contributed by atoms with Gasteiger partial charge in [0.15, 0.2) is 5.82 Å². The van der Waals surface area contributed by atoms with Crippen LogP contribution in [0.4, 0.5) is 10.2 Å². The Morgan fingerprint density at radius 2 is 2.05 bits per heavy atom. The van der Waals surface area contributed by atoms with Crippen LogP contribution >= 0.6 is 0 Å². The molecule has 0 aliphatic rings. The van der Waals surface area contributed by atoms with Gasteiger partial charge in [-0.05, 0) is 30.7 Å². The standard InChI is InChI=1S/C14H15FN4O/c1-2-7-17-14(20)11-8-18-13(19-12(11)16)9-3-5-10(15)6-4-9/h3-6,8H,2,7H2,1H3,(H,17,20)(H2,16,18,19). The Bertz CT molecular complexity index is 613. The number of amides is 1. The lowest BCUT2D eigenvalue weighted by molar-refractivity contribution is 0.0954. The maximum absolute atomic E-state index is 12.9. The van der Waals surface area contributed by atoms with Crippen LogP contribution in [-0.4, -0.2) is 22.4 Å². The highest BCUT2D eigenvalue weighted by Gasteiger charge is 2.12. The van der Waals surface area contributed by atoms with Crippen LogP contribution in [0.3, 0.4) is 0 Å². The molecule has 0 saturated heterocycles. The molecule has 104 valence electrons. The zero-order valence-corrected chi connectivity index (χ0v) is 11.1. The van der Waals surface area contributed by atoms with Gasteiger partial charge in [0.2, 0.25) is 0 Å². The average Bonchev–Trinajstić information content (AvgIpc) is 2.45. The summed E-state index contributed by atoms with van der Waals surface area (Å²) < 4.78 is 12.9. The number of hydrogen-bond donors (Lipinski definition) is 2. The fraction of sp³-hybridized carbons (Fsp3) is 0.214. The molecule has 0 saturated carbocycles. The van der Waals surface area contributed by atoms with Crippen molar-refractivity contribution < 1.29 is 9.18 Å². The fourth-order valence-corrected chi connectivity index (χ4v) is 1.64. The van der Waals surface area contributed by atoms with Gasteiger partial charge in [-0.15, -0.1) is 0 Å². The van der Waals surface area contributed by atoms with Crippen LogP contribution in [-0.2, 0) is 0 Å². The van der Waals surface area contributed by atoms with E-state index in [4.69, 9.17) is 5.73 Å². The molecule has 5 nitrogen and oxygen atoms in total. The number of carbonyl (C=O) groups excluding carboxylic acids is 1. The molecule has 0 aliphatic heterocycles. The van der Waals surface area contributed by atoms with Gasteiger partial charge in [-0.2, -0.15) is 0 Å². The molecule has 1 aromatic heterocycles. The molecule has 0 aliphatic carbocycles. The molecular formula is C14H15FN4O. The van der Waals surface area contributed by atoms with Crippen molar-refractivity contribution in [3.63, 3.8) is 0 Å². The lowest BCUT2D eigenvalue weighted by Gasteiger charge is -2.07. The summed E-state index contributed by atoms with van der Waals surface area (Å²) in [6, 6.07) is 5.75. The summed E-state index contributed by atoms with van der Waals surface area (Å²) >= 11 is 0. The van der Waals surface area contributed by atoms with E-state index in [1.54, 1.807) is 12.1 Å². The summed E-state index contributed by atoms with van der Waals surface area (Å²) in [5.41, 5.74) is 6.65. The molecule has 0 radical (unpaired) electrons. The molecule has 1 aromatic carbocycles. The Morgan fingerprint density at radius 3 is 2.65 bits per heavy atom. The van der Waals surface area contributed by atoms with Crippen molar-refractivity contribution in [2.45, 2.75) is 13.3 Å². The molecule has 6 heteroatoms. The Balaban J connectivity index is 2.25. The number of nitrogens with one attached hydrogen (secondary N) is 1. The number of benzene rings is 1. The van der Waals surface area contributed by atoms with Gasteiger partial charge in [-0.1, -0.05) is 6.92 Å². The summed E-state index contributed by atoms with van der Waals surface area (Å²) in [4.78, 5) is 20.0. The van der Waals surface area contributed by atoms with Crippen LogP contribution in [0.15, 0.2) is 30.5 Å². The van der Waals surface area contributed by atoms with Crippen molar-refractivity contribution >= 4 is 11.7 Å². The third kappa shape index (κ3) is 3.09. The Hall–Kier alpha value is -2.50. The van der Waals surface area contributed by atoms with Crippen molar-refractivity contribution in [2.75, 3.05) is 12.3 Å². The van der Waals surface area contributed by atoms with Crippen LogP contribution < -0.4 is 11.1 Å². The third-order valence-corrected chi connectivity index (χ3v) is 2.70. The molecule has 1 heterocycles. The molecule has 20 heavy (non-hydrogen) atoms. The molecule has 2 rings (SSSR count). The van der Waals surface area contributed by atoms with E-state index in [1.807, 2.05) is 6.92 Å². The lowest BCUT2D eigenvalue weighted by atomic mass is 10.2. The van der Waals surface area contributed by atoms with Crippen molar-refractivity contribution in [3.05, 3.63) is 41.8 Å². The molecule has 0 atom stereocenters. The summed E-state index contributed by atoms with van der Waals surface area (Å²) in [6.07, 6.45) is 2.21. The van der Waals surface area contributed by atoms with E-state index in [0.717, 1.165) is 6.42 Å². The van der Waals surface area contributed by atoms with Crippen LogP contribution in [0, 0.1) is 5.82 Å². The van der Waals surface area contributed by atoms with Crippen LogP contribution in [0.25, 0.3) is 11.4 Å². The number of carbonyl (C=O) groups is 1. The van der Waals surface area contributed by atoms with Gasteiger partial charge in [0, 0.05) is 18.3 Å². The molecule has 0 fully saturated rings. The Morgan fingerprint density at radius 1 is 1.35 bits per heavy atom. The number of nitrogen functional groups attached to an aromatic ring is 1. The quantitative estimate of drug-likeness (QED) is 0.893. The van der Waals surface area contributed by atoms with Gasteiger partial charge in [0.05, 0.1) is 5.56 Å². The number of rotatable bonds is 4. The highest BCUT2D eigenvalue weighted by Crippen LogP contribution is 2.18. The minimum absolute atomic E-state index is 0.105. The van der Waals surface area contributed by atoms with E-state index in [1.165, 1.54) is 18.3 Å². The summed E-state index contributed by atoms with van der Waals surface area (Å²) in [7, 11) is 0. The predicted molar refractivity (Wildman–Crippen MR) is 74.5 cm³/mol. The molecule has 0 bridgehead atoms. The predicted octanol–water partition coefficient (Wildman–Crippen LogP) is 2.00. The summed E-state index contributed by atoms with van der Waals surface area (Å²) in [5, 5.41) is 2.71. The van der Waals surface area contributed by atoms with E-state index in [2.05, 4.69) is 15.3 Å². The van der Waals surface area contributed by atoms with Crippen molar-refractivity contribution in [2.24, 2.45) is 0 Å². The van der Waals surface area contributed by atoms with Gasteiger partial charge in [0.1, 0.15) is 11.6 Å². The second kappa shape index (κ2) is 6.10. The number of nitrogens with zero attached hydrogens (tertiary/aromatic N) is 2. The van der Waals surface area contributed by atoms with Crippen LogP contribution in [0.2, 0.25) is 0 Å². The summed E-state index contributed by atoms with van der Waals surface area (Å²) in [5.74, 6) is -0.172.